The predicted octanol–water partition coefficient (Wildman–Crippen LogP) is 1.33. The lowest BCUT2D eigenvalue weighted by molar-refractivity contribution is -0.280. The van der Waals surface area contributed by atoms with Crippen molar-refractivity contribution in [1.82, 2.24) is 0 Å². The molecule has 0 radical (unpaired) electrons. The number of unbranched alkanes of at least 4 members (excludes halogenated alkanes) is 1. The molecule has 0 aliphatic carbocycles. The molecule has 4 atom stereocenters. The molecule has 1 heterocycles. The molecular formula is C15H23BrO8. The Labute approximate surface area is 149 Å². The molecule has 1 rings (SSSR count). The molecule has 1 saturated heterocycles. The highest BCUT2D eigenvalue weighted by Gasteiger charge is 2.47. The van der Waals surface area contributed by atoms with Crippen molar-refractivity contribution in [2.24, 2.45) is 0 Å². The summed E-state index contributed by atoms with van der Waals surface area (Å²) in [5.74, 6) is -1.73. The molecule has 1 unspecified atom stereocenters. The predicted molar refractivity (Wildman–Crippen MR) is 85.4 cm³/mol. The Morgan fingerprint density at radius 2 is 1.54 bits per heavy atom. The minimum atomic E-state index is -1.02. The van der Waals surface area contributed by atoms with Gasteiger partial charge in [-0.2, -0.15) is 0 Å². The van der Waals surface area contributed by atoms with E-state index in [9.17, 15) is 14.4 Å². The van der Waals surface area contributed by atoms with Crippen molar-refractivity contribution in [3.63, 3.8) is 0 Å². The van der Waals surface area contributed by atoms with Crippen molar-refractivity contribution in [2.75, 3.05) is 18.5 Å². The molecule has 0 spiro atoms. The Morgan fingerprint density at radius 1 is 0.958 bits per heavy atom. The largest absolute Gasteiger partial charge is 0.456 e. The van der Waals surface area contributed by atoms with E-state index in [-0.39, 0.29) is 6.61 Å². The van der Waals surface area contributed by atoms with Crippen LogP contribution in [0.2, 0.25) is 0 Å². The zero-order chi connectivity index (χ0) is 18.1. The molecule has 0 bridgehead atoms. The maximum atomic E-state index is 11.4. The molecule has 0 amide bonds. The second kappa shape index (κ2) is 10.6. The number of hydrogen-bond donors (Lipinski definition) is 0. The van der Waals surface area contributed by atoms with Crippen molar-refractivity contribution >= 4 is 33.8 Å². The van der Waals surface area contributed by atoms with Crippen LogP contribution in [0.1, 0.15) is 33.6 Å². The normalized spacial score (nSPS) is 26.5. The molecule has 138 valence electrons. The van der Waals surface area contributed by atoms with Crippen LogP contribution in [0.4, 0.5) is 0 Å². The van der Waals surface area contributed by atoms with Crippen LogP contribution in [-0.4, -0.2) is 61.1 Å². The summed E-state index contributed by atoms with van der Waals surface area (Å²) in [4.78, 5) is 34.0. The first kappa shape index (κ1) is 20.9. The lowest BCUT2D eigenvalue weighted by Crippen LogP contribution is -2.58. The van der Waals surface area contributed by atoms with Gasteiger partial charge in [0.15, 0.2) is 24.6 Å². The molecule has 0 saturated carbocycles. The Hall–Kier alpha value is -1.19. The third-order valence-corrected chi connectivity index (χ3v) is 3.68. The van der Waals surface area contributed by atoms with E-state index in [1.165, 1.54) is 20.8 Å². The fourth-order valence-corrected chi connectivity index (χ4v) is 2.64. The molecule has 1 aliphatic rings. The molecule has 0 aromatic heterocycles. The molecule has 0 aromatic rings. The third kappa shape index (κ3) is 7.14. The molecular weight excluding hydrogens is 388 g/mol. The molecule has 9 heteroatoms. The van der Waals surface area contributed by atoms with E-state index in [1.54, 1.807) is 0 Å². The van der Waals surface area contributed by atoms with Crippen LogP contribution in [0.25, 0.3) is 0 Å². The summed E-state index contributed by atoms with van der Waals surface area (Å²) in [6.45, 7) is 4.03. The van der Waals surface area contributed by atoms with Gasteiger partial charge in [-0.3, -0.25) is 14.4 Å². The smallest absolute Gasteiger partial charge is 0.303 e. The summed E-state index contributed by atoms with van der Waals surface area (Å²) in [5, 5.41) is 0.847. The summed E-state index contributed by atoms with van der Waals surface area (Å²) in [5.41, 5.74) is 0. The lowest BCUT2D eigenvalue weighted by Gasteiger charge is -2.40. The van der Waals surface area contributed by atoms with Crippen LogP contribution in [0, 0.1) is 0 Å². The van der Waals surface area contributed by atoms with Gasteiger partial charge in [-0.05, 0) is 12.8 Å². The van der Waals surface area contributed by atoms with Gasteiger partial charge in [0.25, 0.3) is 0 Å². The van der Waals surface area contributed by atoms with E-state index < -0.39 is 42.5 Å². The summed E-state index contributed by atoms with van der Waals surface area (Å²) >= 11 is 3.33. The molecule has 1 fully saturated rings. The molecule has 1 aliphatic heterocycles. The van der Waals surface area contributed by atoms with Gasteiger partial charge in [0.05, 0.1) is 6.61 Å². The molecule has 0 N–H and O–H groups in total. The summed E-state index contributed by atoms with van der Waals surface area (Å²) in [6.07, 6.45) is -2.10. The Kier molecular flexibility index (Phi) is 9.24. The van der Waals surface area contributed by atoms with Crippen LogP contribution in [-0.2, 0) is 38.1 Å². The van der Waals surface area contributed by atoms with E-state index >= 15 is 0 Å². The number of ether oxygens (including phenoxy) is 5. The summed E-state index contributed by atoms with van der Waals surface area (Å²) in [7, 11) is 0. The standard InChI is InChI=1S/C15H23BrO8/c1-9(17)22-12-8-21-15(20-7-5-4-6-16)14(24-11(3)19)13(12)23-10(2)18/h12-15H,4-8H2,1-3H3/t12-,13+,14-,15?/m1/s1. The Bertz CT molecular complexity index is 441. The minimum Gasteiger partial charge on any atom is -0.456 e. The molecule has 24 heavy (non-hydrogen) atoms. The van der Waals surface area contributed by atoms with Crippen molar-refractivity contribution in [3.05, 3.63) is 0 Å². The topological polar surface area (TPSA) is 97.4 Å². The maximum absolute atomic E-state index is 11.4. The van der Waals surface area contributed by atoms with Crippen LogP contribution in [0.15, 0.2) is 0 Å². The van der Waals surface area contributed by atoms with Gasteiger partial charge in [-0.25, -0.2) is 0 Å². The number of hydrogen-bond acceptors (Lipinski definition) is 8. The van der Waals surface area contributed by atoms with Crippen molar-refractivity contribution in [2.45, 2.75) is 58.2 Å². The average Bonchev–Trinajstić information content (AvgIpc) is 2.47. The van der Waals surface area contributed by atoms with Crippen LogP contribution in [0.3, 0.4) is 0 Å². The van der Waals surface area contributed by atoms with Gasteiger partial charge < -0.3 is 23.7 Å². The zero-order valence-corrected chi connectivity index (χ0v) is 15.6. The van der Waals surface area contributed by atoms with Crippen LogP contribution in [0.5, 0.6) is 0 Å². The second-order valence-electron chi connectivity index (χ2n) is 5.26. The number of halogens is 1. The second-order valence-corrected chi connectivity index (χ2v) is 6.06. The fourth-order valence-electron chi connectivity index (χ4n) is 2.25. The maximum Gasteiger partial charge on any atom is 0.303 e. The Morgan fingerprint density at radius 3 is 2.08 bits per heavy atom. The first-order valence-electron chi connectivity index (χ1n) is 7.66. The van der Waals surface area contributed by atoms with Crippen molar-refractivity contribution in [3.8, 4) is 0 Å². The van der Waals surface area contributed by atoms with Gasteiger partial charge >= 0.3 is 17.9 Å². The highest BCUT2D eigenvalue weighted by molar-refractivity contribution is 9.09. The number of rotatable bonds is 8. The Balaban J connectivity index is 2.86. The first-order valence-corrected chi connectivity index (χ1v) is 8.78. The van der Waals surface area contributed by atoms with E-state index in [2.05, 4.69) is 15.9 Å². The van der Waals surface area contributed by atoms with Crippen molar-refractivity contribution < 1.29 is 38.1 Å². The van der Waals surface area contributed by atoms with Crippen molar-refractivity contribution in [1.29, 1.82) is 0 Å². The number of carbonyl (C=O) groups is 3. The SMILES string of the molecule is CC(=O)O[C@H]1[C@H](OC(C)=O)COC(OCCCCBr)[C@@H]1OC(C)=O. The van der Waals surface area contributed by atoms with Gasteiger partial charge in [0.2, 0.25) is 0 Å². The van der Waals surface area contributed by atoms with Gasteiger partial charge in [-0.1, -0.05) is 15.9 Å². The monoisotopic (exact) mass is 410 g/mol. The van der Waals surface area contributed by atoms with Crippen LogP contribution >= 0.6 is 15.9 Å². The van der Waals surface area contributed by atoms with Gasteiger partial charge in [-0.15, -0.1) is 0 Å². The van der Waals surface area contributed by atoms with E-state index in [0.29, 0.717) is 6.61 Å². The summed E-state index contributed by atoms with van der Waals surface area (Å²) < 4.78 is 26.7. The van der Waals surface area contributed by atoms with Gasteiger partial charge in [0, 0.05) is 32.7 Å². The number of carbonyl (C=O) groups excluding carboxylic acids is 3. The zero-order valence-electron chi connectivity index (χ0n) is 14.0. The summed E-state index contributed by atoms with van der Waals surface area (Å²) in [6, 6.07) is 0. The first-order chi connectivity index (χ1) is 11.3. The quantitative estimate of drug-likeness (QED) is 0.256. The van der Waals surface area contributed by atoms with Gasteiger partial charge in [0.1, 0.15) is 0 Å². The lowest BCUT2D eigenvalue weighted by atomic mass is 10.0. The highest BCUT2D eigenvalue weighted by atomic mass is 79.9. The van der Waals surface area contributed by atoms with E-state index in [0.717, 1.165) is 18.2 Å². The number of esters is 3. The fraction of sp³-hybridized carbons (Fsp3) is 0.800. The highest BCUT2D eigenvalue weighted by Crippen LogP contribution is 2.25. The molecule has 8 nitrogen and oxygen atoms in total. The average molecular weight is 411 g/mol. The minimum absolute atomic E-state index is 0.0294. The number of alkyl halides is 1. The molecule has 0 aromatic carbocycles. The van der Waals surface area contributed by atoms with E-state index in [4.69, 9.17) is 23.7 Å². The van der Waals surface area contributed by atoms with Crippen LogP contribution < -0.4 is 0 Å². The van der Waals surface area contributed by atoms with E-state index in [1.807, 2.05) is 0 Å². The third-order valence-electron chi connectivity index (χ3n) is 3.11.